The quantitative estimate of drug-likeness (QED) is 0.0903. The summed E-state index contributed by atoms with van der Waals surface area (Å²) in [5.74, 6) is -1.67. The Morgan fingerprint density at radius 2 is 1.79 bits per heavy atom. The van der Waals surface area contributed by atoms with Crippen molar-refractivity contribution in [3.05, 3.63) is 101 Å². The Morgan fingerprint density at radius 3 is 2.49 bits per heavy atom. The largest absolute Gasteiger partial charge is 0.497 e. The molecule has 6 N–H and O–H groups in total. The second-order valence-electron chi connectivity index (χ2n) is 15.5. The van der Waals surface area contributed by atoms with Gasteiger partial charge in [0.15, 0.2) is 18.0 Å². The van der Waals surface area contributed by atoms with E-state index < -0.39 is 68.2 Å². The molecule has 3 aromatic carbocycles. The molecule has 10 atom stereocenters. The fourth-order valence-electron chi connectivity index (χ4n) is 8.70. The fourth-order valence-corrected chi connectivity index (χ4v) is 11.2. The van der Waals surface area contributed by atoms with Gasteiger partial charge in [0.2, 0.25) is 8.41 Å². The molecular weight excluding hydrogens is 758 g/mol. The van der Waals surface area contributed by atoms with E-state index in [0.717, 1.165) is 5.56 Å². The molecular formula is C40H48FN5O10Si. The average molecular weight is 806 g/mol. The Bertz CT molecular complexity index is 2090. The zero-order valence-electron chi connectivity index (χ0n) is 32.0. The Labute approximate surface area is 329 Å². The average Bonchev–Trinajstić information content (AvgIpc) is 3.85. The Balaban J connectivity index is 1.14. The molecule has 57 heavy (non-hydrogen) atoms. The molecule has 304 valence electrons. The molecule has 0 aliphatic carbocycles. The minimum Gasteiger partial charge on any atom is -0.497 e. The monoisotopic (exact) mass is 805 g/mol. The van der Waals surface area contributed by atoms with Crippen LogP contribution >= 0.6 is 0 Å². The van der Waals surface area contributed by atoms with Crippen molar-refractivity contribution in [1.29, 1.82) is 0 Å². The lowest BCUT2D eigenvalue weighted by atomic mass is 9.82. The molecule has 7 rings (SSSR count). The molecule has 2 fully saturated rings. The number of aliphatic hydroxyl groups is 5. The number of ether oxygens (including phenoxy) is 3. The highest BCUT2D eigenvalue weighted by Crippen LogP contribution is 2.60. The number of nitrogens with one attached hydrogen (secondary N) is 1. The molecule has 1 aromatic heterocycles. The van der Waals surface area contributed by atoms with Gasteiger partial charge in [-0.2, -0.15) is 0 Å². The van der Waals surface area contributed by atoms with E-state index in [0.29, 0.717) is 41.2 Å². The van der Waals surface area contributed by atoms with Crippen LogP contribution in [0.3, 0.4) is 0 Å². The first-order valence-electron chi connectivity index (χ1n) is 18.9. The lowest BCUT2D eigenvalue weighted by molar-refractivity contribution is -0.274. The number of anilines is 2. The number of amides is 2. The van der Waals surface area contributed by atoms with Gasteiger partial charge in [0.25, 0.3) is 11.8 Å². The Hall–Kier alpha value is -4.59. The van der Waals surface area contributed by atoms with E-state index in [1.54, 1.807) is 71.3 Å². The lowest BCUT2D eigenvalue weighted by Crippen LogP contribution is -2.60. The van der Waals surface area contributed by atoms with Gasteiger partial charge in [0, 0.05) is 35.5 Å². The van der Waals surface area contributed by atoms with Crippen LogP contribution in [-0.2, 0) is 37.8 Å². The molecule has 1 spiro atoms. The number of fused-ring (bicyclic) bond motifs is 2. The van der Waals surface area contributed by atoms with Gasteiger partial charge in [-0.15, -0.1) is 5.10 Å². The summed E-state index contributed by atoms with van der Waals surface area (Å²) < 4.78 is 35.7. The summed E-state index contributed by atoms with van der Waals surface area (Å²) >= 11 is 0. The molecule has 1 unspecified atom stereocenters. The van der Waals surface area contributed by atoms with Crippen LogP contribution in [0, 0.1) is 5.92 Å². The highest BCUT2D eigenvalue weighted by Gasteiger charge is 2.66. The number of aromatic nitrogens is 3. The maximum absolute atomic E-state index is 16.5. The van der Waals surface area contributed by atoms with Crippen molar-refractivity contribution in [1.82, 2.24) is 15.0 Å². The summed E-state index contributed by atoms with van der Waals surface area (Å²) in [5, 5.41) is 61.5. The number of carbonyl (C=O) groups is 2. The van der Waals surface area contributed by atoms with Gasteiger partial charge in [-0.05, 0) is 61.0 Å². The van der Waals surface area contributed by atoms with E-state index >= 15 is 4.11 Å². The van der Waals surface area contributed by atoms with Crippen molar-refractivity contribution in [2.75, 3.05) is 23.9 Å². The number of nitrogens with zero attached hydrogens (tertiary/aromatic N) is 4. The van der Waals surface area contributed by atoms with Crippen LogP contribution in [0.5, 0.6) is 5.75 Å². The molecule has 2 amide bonds. The lowest BCUT2D eigenvalue weighted by Gasteiger charge is -2.37. The number of benzene rings is 3. The van der Waals surface area contributed by atoms with Crippen molar-refractivity contribution in [2.24, 2.45) is 5.92 Å². The number of methoxy groups -OCH3 is 1. The van der Waals surface area contributed by atoms with Crippen LogP contribution in [0.1, 0.15) is 41.6 Å². The molecule has 15 nitrogen and oxygen atoms in total. The maximum atomic E-state index is 16.5. The second-order valence-corrected chi connectivity index (χ2v) is 19.3. The summed E-state index contributed by atoms with van der Waals surface area (Å²) in [7, 11) is -1.96. The molecule has 0 bridgehead atoms. The summed E-state index contributed by atoms with van der Waals surface area (Å²) in [6.07, 6.45) is -7.50. The maximum Gasteiger partial charge on any atom is 0.264 e. The van der Waals surface area contributed by atoms with Gasteiger partial charge in [-0.25, -0.2) is 0 Å². The van der Waals surface area contributed by atoms with Gasteiger partial charge in [0.05, 0.1) is 43.7 Å². The van der Waals surface area contributed by atoms with E-state index in [-0.39, 0.29) is 30.7 Å². The minimum absolute atomic E-state index is 0.0484. The van der Waals surface area contributed by atoms with E-state index in [2.05, 4.69) is 15.6 Å². The Morgan fingerprint density at radius 1 is 1.04 bits per heavy atom. The first kappa shape index (κ1) is 40.6. The molecule has 0 saturated carbocycles. The van der Waals surface area contributed by atoms with Gasteiger partial charge in [-0.1, -0.05) is 54.6 Å². The van der Waals surface area contributed by atoms with E-state index in [1.807, 2.05) is 37.3 Å². The first-order valence-corrected chi connectivity index (χ1v) is 21.8. The van der Waals surface area contributed by atoms with E-state index in [4.69, 9.17) is 14.2 Å². The normalized spacial score (nSPS) is 29.1. The number of rotatable bonds is 12. The van der Waals surface area contributed by atoms with Gasteiger partial charge in [0.1, 0.15) is 24.1 Å². The number of carbonyl (C=O) groups excluding carboxylic acids is 2. The molecule has 4 aromatic rings. The first-order chi connectivity index (χ1) is 27.2. The predicted molar refractivity (Wildman–Crippen MR) is 206 cm³/mol. The fraction of sp³-hybridized carbons (Fsp3) is 0.450. The van der Waals surface area contributed by atoms with Gasteiger partial charge in [-0.3, -0.25) is 14.3 Å². The standard InChI is InChI=1S/C40H48FN5O10Si/c1-22-36(57(3,4)41)31(15-16-45-20-29(43-44-45)27(21-47)24-10-6-5-7-11-24)56-40(22)28-18-26(54-2)13-14-30(28)46(39(40)53)19-23-9-8-12-25(17-23)42-37(51)35-33(49)32(48)34(50)38(52)55-35/h5-14,17-18,20,22,27,31-36,38,47-50,52H,15-16,19,21H2,1-4H3,(H,42,51)/t22-,27?,31+,32+,33+,34-,35+,36-,38-,40+/m1/s1. The zero-order valence-corrected chi connectivity index (χ0v) is 33.0. The smallest absolute Gasteiger partial charge is 0.264 e. The third kappa shape index (κ3) is 7.49. The van der Waals surface area contributed by atoms with Crippen molar-refractivity contribution in [3.63, 3.8) is 0 Å². The number of halogens is 1. The molecule has 3 aliphatic rings. The molecule has 2 saturated heterocycles. The number of aryl methyl sites for hydroxylation is 1. The van der Waals surface area contributed by atoms with E-state index in [9.17, 15) is 35.1 Å². The van der Waals surface area contributed by atoms with Gasteiger partial charge >= 0.3 is 0 Å². The third-order valence-corrected chi connectivity index (χ3v) is 13.9. The summed E-state index contributed by atoms with van der Waals surface area (Å²) in [5.41, 5.74) is 1.41. The molecule has 3 aliphatic heterocycles. The zero-order chi connectivity index (χ0) is 40.8. The van der Waals surface area contributed by atoms with E-state index in [1.165, 1.54) is 7.11 Å². The highest BCUT2D eigenvalue weighted by molar-refractivity contribution is 6.72. The predicted octanol–water partition coefficient (Wildman–Crippen LogP) is 2.56. The minimum atomic E-state index is -3.49. The SMILES string of the molecule is COc1ccc2c(c1)[C@]1(O[C@@H](CCn3cc(C(CO)c4ccccc4)nn3)[C@H]([Si](C)(C)F)[C@H]1C)C(=O)N2Cc1cccc(NC(=O)[C@H]2O[C@@H](O)[C@H](O)[C@@H](O)[C@@H]2O)c1. The van der Waals surface area contributed by atoms with Crippen LogP contribution in [0.4, 0.5) is 15.5 Å². The second kappa shape index (κ2) is 16.0. The van der Waals surface area contributed by atoms with Crippen LogP contribution < -0.4 is 15.0 Å². The summed E-state index contributed by atoms with van der Waals surface area (Å²) in [6, 6.07) is 21.4. The topological polar surface area (TPSA) is 209 Å². The summed E-state index contributed by atoms with van der Waals surface area (Å²) in [4.78, 5) is 29.6. The van der Waals surface area contributed by atoms with Crippen LogP contribution in [0.15, 0.2) is 79.0 Å². The molecule has 17 heteroatoms. The summed E-state index contributed by atoms with van der Waals surface area (Å²) in [6.45, 7) is 5.36. The third-order valence-electron chi connectivity index (χ3n) is 11.5. The van der Waals surface area contributed by atoms with Crippen LogP contribution in [-0.4, -0.2) is 111 Å². The van der Waals surface area contributed by atoms with Crippen LogP contribution in [0.2, 0.25) is 18.6 Å². The number of hydrogen-bond donors (Lipinski definition) is 6. The van der Waals surface area contributed by atoms with Crippen molar-refractivity contribution in [3.8, 4) is 5.75 Å². The molecule has 0 radical (unpaired) electrons. The van der Waals surface area contributed by atoms with Crippen LogP contribution in [0.25, 0.3) is 0 Å². The van der Waals surface area contributed by atoms with Crippen molar-refractivity contribution >= 4 is 31.6 Å². The van der Waals surface area contributed by atoms with Gasteiger partial charge < -0.3 is 54.1 Å². The number of aliphatic hydroxyl groups excluding tert-OH is 5. The van der Waals surface area contributed by atoms with Crippen molar-refractivity contribution in [2.45, 2.75) is 93.4 Å². The number of hydrogen-bond acceptors (Lipinski definition) is 12. The molecule has 4 heterocycles. The van der Waals surface area contributed by atoms with Crippen molar-refractivity contribution < 1.29 is 53.4 Å². The Kier molecular flexibility index (Phi) is 11.4. The highest BCUT2D eigenvalue weighted by atomic mass is 28.4.